The maximum Gasteiger partial charge on any atom is 0.303 e. The number of methoxy groups -OCH3 is 2. The molecule has 1 aromatic heterocycles. The molecule has 0 aliphatic rings. The third kappa shape index (κ3) is 10.4. The molecule has 4 atom stereocenters. The van der Waals surface area contributed by atoms with E-state index in [0.29, 0.717) is 6.42 Å². The number of aryl methyl sites for hydroxylation is 1. The number of rotatable bonds is 16. The molecule has 210 valence electrons. The second kappa shape index (κ2) is 15.5. The lowest BCUT2D eigenvalue weighted by Gasteiger charge is -2.35. The quantitative estimate of drug-likeness (QED) is 0.154. The van der Waals surface area contributed by atoms with E-state index in [1.165, 1.54) is 26.7 Å². The van der Waals surface area contributed by atoms with Gasteiger partial charge in [-0.15, -0.1) is 11.3 Å². The fraction of sp³-hybridized carbons (Fsp3) is 0.690. The van der Waals surface area contributed by atoms with Crippen LogP contribution in [0.1, 0.15) is 84.9 Å². The monoisotopic (exact) mass is 537 g/mol. The normalized spacial score (nSPS) is 16.4. The number of ether oxygens (including phenoxy) is 3. The summed E-state index contributed by atoms with van der Waals surface area (Å²) in [5.41, 5.74) is 2.16. The predicted octanol–water partition coefficient (Wildman–Crippen LogP) is 6.14. The summed E-state index contributed by atoms with van der Waals surface area (Å²) in [5.74, 6) is -0.957. The maximum atomic E-state index is 13.1. The van der Waals surface area contributed by atoms with Crippen LogP contribution in [-0.2, 0) is 23.8 Å². The van der Waals surface area contributed by atoms with Crippen molar-refractivity contribution in [3.63, 3.8) is 0 Å². The third-order valence-electron chi connectivity index (χ3n) is 6.90. The highest BCUT2D eigenvalue weighted by atomic mass is 32.1. The summed E-state index contributed by atoms with van der Waals surface area (Å²) in [4.78, 5) is 29.2. The van der Waals surface area contributed by atoms with Gasteiger partial charge in [0.25, 0.3) is 0 Å². The molecule has 1 rings (SSSR count). The van der Waals surface area contributed by atoms with E-state index in [9.17, 15) is 14.7 Å². The molecule has 0 aliphatic carbocycles. The Morgan fingerprint density at radius 3 is 2.30 bits per heavy atom. The summed E-state index contributed by atoms with van der Waals surface area (Å²) in [7, 11) is 3.02. The Hall–Kier alpha value is -1.87. The summed E-state index contributed by atoms with van der Waals surface area (Å²) < 4.78 is 16.2. The molecule has 0 spiro atoms. The van der Waals surface area contributed by atoms with E-state index >= 15 is 0 Å². The first kappa shape index (κ1) is 33.2. The van der Waals surface area contributed by atoms with Gasteiger partial charge in [-0.05, 0) is 71.4 Å². The Bertz CT molecular complexity index is 931. The van der Waals surface area contributed by atoms with Crippen LogP contribution in [0.5, 0.6) is 0 Å². The standard InChI is InChI=1S/C29H47NO6S/c1-18(14-15-25(36-23(6)31)20(3)16-24-17-37-22(5)30-24)12-11-13-19(2)26(32)21(4)27(33)29(7,8)28(34-9)35-10/h14,16-17,19,21,25-26,28,32H,11-13,15H2,1-10H3/t19-,21+,25?,26-/m0/s1. The Morgan fingerprint density at radius 1 is 1.16 bits per heavy atom. The van der Waals surface area contributed by atoms with Gasteiger partial charge in [0.05, 0.1) is 22.2 Å². The lowest BCUT2D eigenvalue weighted by atomic mass is 9.76. The predicted molar refractivity (Wildman–Crippen MR) is 149 cm³/mol. The van der Waals surface area contributed by atoms with E-state index in [-0.39, 0.29) is 23.8 Å². The van der Waals surface area contributed by atoms with Crippen LogP contribution >= 0.6 is 11.3 Å². The van der Waals surface area contributed by atoms with Gasteiger partial charge in [0, 0.05) is 38.9 Å². The maximum absolute atomic E-state index is 13.1. The lowest BCUT2D eigenvalue weighted by molar-refractivity contribution is -0.182. The first-order valence-corrected chi connectivity index (χ1v) is 13.8. The molecule has 0 fully saturated rings. The zero-order chi connectivity index (χ0) is 28.3. The van der Waals surface area contributed by atoms with Crippen molar-refractivity contribution in [3.8, 4) is 0 Å². The Morgan fingerprint density at radius 2 is 1.78 bits per heavy atom. The van der Waals surface area contributed by atoms with Gasteiger partial charge in [0.15, 0.2) is 6.29 Å². The van der Waals surface area contributed by atoms with Crippen molar-refractivity contribution in [2.24, 2.45) is 17.3 Å². The Balaban J connectivity index is 2.68. The smallest absolute Gasteiger partial charge is 0.303 e. The molecule has 0 bridgehead atoms. The largest absolute Gasteiger partial charge is 0.458 e. The number of hydrogen-bond donors (Lipinski definition) is 1. The average molecular weight is 538 g/mol. The van der Waals surface area contributed by atoms with E-state index in [4.69, 9.17) is 14.2 Å². The summed E-state index contributed by atoms with van der Waals surface area (Å²) in [6.07, 6.45) is 5.45. The molecule has 8 heteroatoms. The van der Waals surface area contributed by atoms with Crippen molar-refractivity contribution in [1.82, 2.24) is 4.98 Å². The van der Waals surface area contributed by atoms with E-state index in [1.54, 1.807) is 32.1 Å². The van der Waals surface area contributed by atoms with Crippen LogP contribution in [0.25, 0.3) is 6.08 Å². The first-order chi connectivity index (χ1) is 17.2. The van der Waals surface area contributed by atoms with E-state index in [2.05, 4.69) is 18.0 Å². The minimum absolute atomic E-state index is 0.0355. The first-order valence-electron chi connectivity index (χ1n) is 13.0. The summed E-state index contributed by atoms with van der Waals surface area (Å²) in [6, 6.07) is 0. The SMILES string of the molecule is COC(OC)C(C)(C)C(=O)[C@H](C)[C@@H](O)[C@@H](C)CCCC(C)=CCC(OC(C)=O)C(C)=Cc1csc(C)n1. The summed E-state index contributed by atoms with van der Waals surface area (Å²) in [6.45, 7) is 14.7. The van der Waals surface area contributed by atoms with Gasteiger partial charge in [0.1, 0.15) is 11.9 Å². The molecule has 37 heavy (non-hydrogen) atoms. The van der Waals surface area contributed by atoms with E-state index < -0.39 is 23.7 Å². The van der Waals surface area contributed by atoms with Crippen molar-refractivity contribution in [3.05, 3.63) is 33.3 Å². The lowest BCUT2D eigenvalue weighted by Crippen LogP contribution is -2.46. The van der Waals surface area contributed by atoms with Crippen LogP contribution < -0.4 is 0 Å². The van der Waals surface area contributed by atoms with Crippen LogP contribution in [-0.4, -0.2) is 54.6 Å². The number of allylic oxidation sites excluding steroid dienone is 1. The molecule has 1 unspecified atom stereocenters. The number of esters is 1. The minimum atomic E-state index is -0.869. The number of nitrogens with zero attached hydrogens (tertiary/aromatic N) is 1. The van der Waals surface area contributed by atoms with Crippen LogP contribution in [0.4, 0.5) is 0 Å². The Labute approximate surface area is 227 Å². The van der Waals surface area contributed by atoms with Crippen molar-refractivity contribution in [2.45, 2.75) is 99.6 Å². The third-order valence-corrected chi connectivity index (χ3v) is 7.69. The second-order valence-electron chi connectivity index (χ2n) is 10.6. The van der Waals surface area contributed by atoms with E-state index in [0.717, 1.165) is 35.5 Å². The number of ketones is 1. The zero-order valence-electron chi connectivity index (χ0n) is 24.3. The molecule has 0 saturated carbocycles. The zero-order valence-corrected chi connectivity index (χ0v) is 25.1. The highest BCUT2D eigenvalue weighted by Crippen LogP contribution is 2.32. The number of aliphatic hydroxyl groups is 1. The number of thiazole rings is 1. The number of carbonyl (C=O) groups excluding carboxylic acids is 2. The highest BCUT2D eigenvalue weighted by Gasteiger charge is 2.42. The number of hydrogen-bond acceptors (Lipinski definition) is 8. The average Bonchev–Trinajstić information content (AvgIpc) is 3.24. The van der Waals surface area contributed by atoms with Gasteiger partial charge in [-0.1, -0.05) is 25.5 Å². The number of aromatic nitrogens is 1. The molecule has 7 nitrogen and oxygen atoms in total. The number of aliphatic hydroxyl groups excluding tert-OH is 1. The van der Waals surface area contributed by atoms with Crippen LogP contribution in [0.2, 0.25) is 0 Å². The topological polar surface area (TPSA) is 95.0 Å². The molecule has 0 radical (unpaired) electrons. The van der Waals surface area contributed by atoms with Gasteiger partial charge < -0.3 is 19.3 Å². The fourth-order valence-electron chi connectivity index (χ4n) is 4.62. The molecule has 1 aromatic rings. The molecular weight excluding hydrogens is 490 g/mol. The number of carbonyl (C=O) groups is 2. The molecule has 0 amide bonds. The van der Waals surface area contributed by atoms with Crippen LogP contribution in [0.3, 0.4) is 0 Å². The Kier molecular flexibility index (Phi) is 13.9. The molecule has 1 N–H and O–H groups in total. The fourth-order valence-corrected chi connectivity index (χ4v) is 5.19. The van der Waals surface area contributed by atoms with Crippen molar-refractivity contribution in [1.29, 1.82) is 0 Å². The van der Waals surface area contributed by atoms with Gasteiger partial charge in [-0.25, -0.2) is 4.98 Å². The van der Waals surface area contributed by atoms with Crippen molar-refractivity contribution < 1.29 is 28.9 Å². The summed E-state index contributed by atoms with van der Waals surface area (Å²) >= 11 is 1.59. The molecule has 0 aromatic carbocycles. The van der Waals surface area contributed by atoms with Crippen LogP contribution in [0, 0.1) is 24.2 Å². The van der Waals surface area contributed by atoms with Gasteiger partial charge in [0.2, 0.25) is 0 Å². The summed E-state index contributed by atoms with van der Waals surface area (Å²) in [5, 5.41) is 13.9. The minimum Gasteiger partial charge on any atom is -0.458 e. The van der Waals surface area contributed by atoms with Crippen molar-refractivity contribution >= 4 is 29.2 Å². The second-order valence-corrected chi connectivity index (χ2v) is 11.7. The number of Topliss-reactive ketones (excluding diaryl/α,β-unsaturated/α-hetero) is 1. The molecule has 0 saturated heterocycles. The van der Waals surface area contributed by atoms with E-state index in [1.807, 2.05) is 32.2 Å². The molecular formula is C29H47NO6S. The molecule has 1 heterocycles. The molecule has 0 aliphatic heterocycles. The van der Waals surface area contributed by atoms with Crippen molar-refractivity contribution in [2.75, 3.05) is 14.2 Å². The van der Waals surface area contributed by atoms with Gasteiger partial charge >= 0.3 is 5.97 Å². The van der Waals surface area contributed by atoms with Gasteiger partial charge in [-0.2, -0.15) is 0 Å². The van der Waals surface area contributed by atoms with Crippen LogP contribution in [0.15, 0.2) is 22.6 Å². The van der Waals surface area contributed by atoms with Gasteiger partial charge in [-0.3, -0.25) is 9.59 Å². The highest BCUT2D eigenvalue weighted by molar-refractivity contribution is 7.09.